The number of esters is 1. The first-order valence-corrected chi connectivity index (χ1v) is 13.5. The molecule has 0 unspecified atom stereocenters. The Bertz CT molecular complexity index is 1610. The van der Waals surface area contributed by atoms with Crippen LogP contribution in [0, 0.1) is 6.92 Å². The van der Waals surface area contributed by atoms with Crippen LogP contribution < -0.4 is 15.0 Å². The molecule has 40 heavy (non-hydrogen) atoms. The molecule has 0 aliphatic rings. The van der Waals surface area contributed by atoms with E-state index in [2.05, 4.69) is 18.9 Å². The molecule has 1 aromatic heterocycles. The molecule has 4 aromatic rings. The SMILES string of the molecule is CCOC(=O)[C@H](C)Oc1cccc(C=Nn2c(-c3cc(C(C)C)c(OCC)cc3C)nc3ccccc3c2=O)c1. The Balaban J connectivity index is 1.81. The summed E-state index contributed by atoms with van der Waals surface area (Å²) in [5, 5.41) is 5.07. The molecule has 0 aliphatic carbocycles. The predicted molar refractivity (Wildman–Crippen MR) is 158 cm³/mol. The molecule has 8 nitrogen and oxygen atoms in total. The van der Waals surface area contributed by atoms with E-state index >= 15 is 0 Å². The molecule has 0 saturated heterocycles. The lowest BCUT2D eigenvalue weighted by Crippen LogP contribution is -2.26. The third-order valence-electron chi connectivity index (χ3n) is 6.39. The molecule has 4 rings (SSSR count). The van der Waals surface area contributed by atoms with Gasteiger partial charge in [0.15, 0.2) is 11.9 Å². The highest BCUT2D eigenvalue weighted by atomic mass is 16.6. The van der Waals surface area contributed by atoms with E-state index in [1.807, 2.05) is 50.2 Å². The van der Waals surface area contributed by atoms with E-state index < -0.39 is 12.1 Å². The van der Waals surface area contributed by atoms with Crippen LogP contribution in [0.5, 0.6) is 11.5 Å². The molecule has 0 fully saturated rings. The van der Waals surface area contributed by atoms with Gasteiger partial charge in [-0.15, -0.1) is 0 Å². The van der Waals surface area contributed by atoms with Gasteiger partial charge in [-0.2, -0.15) is 9.78 Å². The van der Waals surface area contributed by atoms with Gasteiger partial charge in [0.1, 0.15) is 11.5 Å². The number of carbonyl (C=O) groups excluding carboxylic acids is 1. The summed E-state index contributed by atoms with van der Waals surface area (Å²) in [4.78, 5) is 30.6. The first-order valence-electron chi connectivity index (χ1n) is 13.5. The molecule has 0 amide bonds. The lowest BCUT2D eigenvalue weighted by atomic mass is 9.96. The molecule has 0 spiro atoms. The van der Waals surface area contributed by atoms with E-state index in [0.717, 1.165) is 22.4 Å². The third-order valence-corrected chi connectivity index (χ3v) is 6.39. The molecule has 1 heterocycles. The Hall–Kier alpha value is -4.46. The first kappa shape index (κ1) is 28.5. The van der Waals surface area contributed by atoms with Crippen molar-refractivity contribution < 1.29 is 19.0 Å². The second kappa shape index (κ2) is 12.6. The second-order valence-electron chi connectivity index (χ2n) is 9.69. The van der Waals surface area contributed by atoms with Gasteiger partial charge in [-0.25, -0.2) is 9.78 Å². The number of para-hydroxylation sites is 1. The van der Waals surface area contributed by atoms with Gasteiger partial charge in [0.2, 0.25) is 0 Å². The van der Waals surface area contributed by atoms with Crippen LogP contribution in [-0.2, 0) is 9.53 Å². The standard InChI is InChI=1S/C32H35N3O5/c1-7-38-29-16-21(5)27(18-26(29)20(3)4)30-34-28-15-10-9-14-25(28)31(36)35(30)33-19-23-12-11-13-24(17-23)40-22(6)32(37)39-8-2/h9-20,22H,7-8H2,1-6H3/t22-/m0/s1. The van der Waals surface area contributed by atoms with Gasteiger partial charge in [-0.05, 0) is 86.7 Å². The van der Waals surface area contributed by atoms with Crippen molar-refractivity contribution >= 4 is 23.1 Å². The van der Waals surface area contributed by atoms with Crippen molar-refractivity contribution in [1.82, 2.24) is 9.66 Å². The third kappa shape index (κ3) is 6.22. The van der Waals surface area contributed by atoms with Crippen LogP contribution >= 0.6 is 0 Å². The summed E-state index contributed by atoms with van der Waals surface area (Å²) in [6.07, 6.45) is 0.820. The van der Waals surface area contributed by atoms with Gasteiger partial charge in [-0.1, -0.05) is 38.1 Å². The van der Waals surface area contributed by atoms with Crippen molar-refractivity contribution in [2.24, 2.45) is 5.10 Å². The highest BCUT2D eigenvalue weighted by molar-refractivity contribution is 5.83. The van der Waals surface area contributed by atoms with E-state index in [9.17, 15) is 9.59 Å². The molecular weight excluding hydrogens is 506 g/mol. The molecular formula is C32H35N3O5. The van der Waals surface area contributed by atoms with Gasteiger partial charge in [0, 0.05) is 5.56 Å². The molecule has 3 aromatic carbocycles. The summed E-state index contributed by atoms with van der Waals surface area (Å²) >= 11 is 0. The van der Waals surface area contributed by atoms with Crippen LogP contribution in [0.25, 0.3) is 22.3 Å². The van der Waals surface area contributed by atoms with Crippen molar-refractivity contribution in [2.45, 2.75) is 53.6 Å². The smallest absolute Gasteiger partial charge is 0.347 e. The minimum absolute atomic E-state index is 0.199. The molecule has 208 valence electrons. The van der Waals surface area contributed by atoms with Gasteiger partial charge >= 0.3 is 5.97 Å². The van der Waals surface area contributed by atoms with Crippen LogP contribution in [-0.4, -0.2) is 41.2 Å². The minimum Gasteiger partial charge on any atom is -0.494 e. The van der Waals surface area contributed by atoms with Crippen LogP contribution in [0.15, 0.2) is 70.6 Å². The largest absolute Gasteiger partial charge is 0.494 e. The summed E-state index contributed by atoms with van der Waals surface area (Å²) in [5.74, 6) is 1.51. The summed E-state index contributed by atoms with van der Waals surface area (Å²) in [7, 11) is 0. The van der Waals surface area contributed by atoms with Crippen molar-refractivity contribution in [1.29, 1.82) is 0 Å². The number of carbonyl (C=O) groups is 1. The van der Waals surface area contributed by atoms with Gasteiger partial charge in [0.05, 0.1) is 30.3 Å². The van der Waals surface area contributed by atoms with E-state index in [-0.39, 0.29) is 18.1 Å². The summed E-state index contributed by atoms with van der Waals surface area (Å²) in [5.41, 5.74) is 3.75. The normalized spacial score (nSPS) is 12.2. The number of aromatic nitrogens is 2. The zero-order valence-electron chi connectivity index (χ0n) is 23.8. The summed E-state index contributed by atoms with van der Waals surface area (Å²) in [6, 6.07) is 18.4. The van der Waals surface area contributed by atoms with E-state index in [1.165, 1.54) is 4.68 Å². The molecule has 0 radical (unpaired) electrons. The summed E-state index contributed by atoms with van der Waals surface area (Å²) in [6.45, 7) is 12.4. The van der Waals surface area contributed by atoms with Crippen molar-refractivity contribution in [2.75, 3.05) is 13.2 Å². The minimum atomic E-state index is -0.760. The lowest BCUT2D eigenvalue weighted by molar-refractivity contribution is -0.150. The van der Waals surface area contributed by atoms with Crippen LogP contribution in [0.3, 0.4) is 0 Å². The van der Waals surface area contributed by atoms with Gasteiger partial charge in [-0.3, -0.25) is 4.79 Å². The molecule has 0 saturated carbocycles. The average molecular weight is 542 g/mol. The molecule has 0 aliphatic heterocycles. The number of fused-ring (bicyclic) bond motifs is 1. The van der Waals surface area contributed by atoms with E-state index in [0.29, 0.717) is 34.6 Å². The summed E-state index contributed by atoms with van der Waals surface area (Å²) < 4.78 is 18.0. The maximum absolute atomic E-state index is 13.7. The highest BCUT2D eigenvalue weighted by Gasteiger charge is 2.19. The zero-order valence-corrected chi connectivity index (χ0v) is 23.8. The van der Waals surface area contributed by atoms with Crippen molar-refractivity contribution in [3.8, 4) is 22.9 Å². The Morgan fingerprint density at radius 2 is 1.80 bits per heavy atom. The molecule has 1 atom stereocenters. The fourth-order valence-electron chi connectivity index (χ4n) is 4.38. The number of benzene rings is 3. The van der Waals surface area contributed by atoms with Crippen molar-refractivity contribution in [3.05, 3.63) is 87.7 Å². The first-order chi connectivity index (χ1) is 19.2. The van der Waals surface area contributed by atoms with Gasteiger partial charge < -0.3 is 14.2 Å². The van der Waals surface area contributed by atoms with Crippen LogP contribution in [0.1, 0.15) is 57.2 Å². The predicted octanol–water partition coefficient (Wildman–Crippen LogP) is 6.11. The lowest BCUT2D eigenvalue weighted by Gasteiger charge is -2.18. The Labute approximate surface area is 234 Å². The van der Waals surface area contributed by atoms with Gasteiger partial charge in [0.25, 0.3) is 5.56 Å². The number of hydrogen-bond acceptors (Lipinski definition) is 7. The topological polar surface area (TPSA) is 92.0 Å². The number of aryl methyl sites for hydroxylation is 1. The number of ether oxygens (including phenoxy) is 3. The van der Waals surface area contributed by atoms with Crippen molar-refractivity contribution in [3.63, 3.8) is 0 Å². The number of nitrogens with zero attached hydrogens (tertiary/aromatic N) is 3. The Kier molecular flexibility index (Phi) is 8.99. The zero-order chi connectivity index (χ0) is 28.8. The quantitative estimate of drug-likeness (QED) is 0.178. The Morgan fingerprint density at radius 1 is 1.02 bits per heavy atom. The van der Waals surface area contributed by atoms with E-state index in [1.54, 1.807) is 44.3 Å². The molecule has 0 N–H and O–H groups in total. The highest BCUT2D eigenvalue weighted by Crippen LogP contribution is 2.34. The molecule has 0 bridgehead atoms. The van der Waals surface area contributed by atoms with E-state index in [4.69, 9.17) is 19.2 Å². The fourth-order valence-corrected chi connectivity index (χ4v) is 4.38. The number of rotatable bonds is 10. The van der Waals surface area contributed by atoms with Crippen LogP contribution in [0.2, 0.25) is 0 Å². The van der Waals surface area contributed by atoms with Crippen LogP contribution in [0.4, 0.5) is 0 Å². The maximum Gasteiger partial charge on any atom is 0.347 e. The maximum atomic E-state index is 13.7. The second-order valence-corrected chi connectivity index (χ2v) is 9.69. The average Bonchev–Trinajstić information content (AvgIpc) is 2.93. The number of hydrogen-bond donors (Lipinski definition) is 0. The fraction of sp³-hybridized carbons (Fsp3) is 0.312. The monoisotopic (exact) mass is 541 g/mol. The Morgan fingerprint density at radius 3 is 2.52 bits per heavy atom. The molecule has 8 heteroatoms.